The summed E-state index contributed by atoms with van der Waals surface area (Å²) in [5.41, 5.74) is 14.5. The van der Waals surface area contributed by atoms with Crippen LogP contribution in [0.3, 0.4) is 0 Å². The molecule has 0 unspecified atom stereocenters. The largest absolute Gasteiger partial charge is 0.394 e. The molecule has 12 nitrogen and oxygen atoms in total. The molecule has 0 bridgehead atoms. The van der Waals surface area contributed by atoms with Crippen LogP contribution in [0, 0.1) is 0 Å². The van der Waals surface area contributed by atoms with Gasteiger partial charge in [-0.1, -0.05) is 207 Å². The highest BCUT2D eigenvalue weighted by Crippen LogP contribution is 2.53. The number of thiophene rings is 2. The lowest BCUT2D eigenvalue weighted by Gasteiger charge is -2.51. The molecule has 8 aromatic carbocycles. The summed E-state index contributed by atoms with van der Waals surface area (Å²) in [7, 11) is 0. The molecule has 0 saturated carbocycles. The number of rotatable bonds is 20. The molecule has 476 valence electrons. The number of aliphatic hydroxyl groups is 4. The molecule has 2 aromatic heterocycles. The number of hydrogen-bond donors (Lipinski definition) is 4. The Morgan fingerprint density at radius 3 is 1.35 bits per heavy atom. The van der Waals surface area contributed by atoms with Crippen molar-refractivity contribution in [1.29, 1.82) is 0 Å². The van der Waals surface area contributed by atoms with Gasteiger partial charge in [0.15, 0.2) is 0 Å². The van der Waals surface area contributed by atoms with E-state index >= 15 is 0 Å². The minimum absolute atomic E-state index is 0.173. The van der Waals surface area contributed by atoms with Gasteiger partial charge >= 0.3 is 0 Å². The first-order valence-electron chi connectivity index (χ1n) is 31.4. The molecule has 6 heterocycles. The van der Waals surface area contributed by atoms with Crippen molar-refractivity contribution in [2.24, 2.45) is 0 Å². The van der Waals surface area contributed by atoms with E-state index in [4.69, 9.17) is 61.1 Å². The SMILES string of the molecule is CCc1ccc(Cc2c(Cl)sc3cc4c(cc23)[C@]2(OC4)O[C@H](CO)[C@@H](O)[C@H](O)[C@H]2O)cc1.CCc1ccc(Cc2c(Cl)sc3cc4c(cc23)[C@]2(OC4)O[C@H](COCc3ccccc3)[C@@H](OCc3ccccc3)[C@H](OCc3ccccc3)[C@H]2OCc2ccccc2)cc1. The summed E-state index contributed by atoms with van der Waals surface area (Å²) in [5.74, 6) is -3.02. The molecule has 4 N–H and O–H groups in total. The molecule has 4 aliphatic rings. The van der Waals surface area contributed by atoms with Crippen molar-refractivity contribution >= 4 is 66.0 Å². The van der Waals surface area contributed by atoms with Crippen molar-refractivity contribution in [2.75, 3.05) is 13.2 Å². The van der Waals surface area contributed by atoms with E-state index in [2.05, 4.69) is 123 Å². The number of aryl methyl sites for hydroxylation is 2. The van der Waals surface area contributed by atoms with Crippen LogP contribution in [0.25, 0.3) is 20.2 Å². The maximum absolute atomic E-state index is 10.8. The van der Waals surface area contributed by atoms with Crippen LogP contribution < -0.4 is 0 Å². The lowest BCUT2D eigenvalue weighted by atomic mass is 9.86. The van der Waals surface area contributed by atoms with E-state index in [-0.39, 0.29) is 13.2 Å². The van der Waals surface area contributed by atoms with Crippen LogP contribution in [0.4, 0.5) is 0 Å². The predicted molar refractivity (Wildman–Crippen MR) is 360 cm³/mol. The van der Waals surface area contributed by atoms with Gasteiger partial charge in [-0.05, 0) is 115 Å². The molecule has 14 rings (SSSR count). The minimum Gasteiger partial charge on any atom is -0.394 e. The Morgan fingerprint density at radius 2 is 0.880 bits per heavy atom. The molecule has 16 heteroatoms. The fraction of sp³-hybridized carbons (Fsp3) is 0.316. The van der Waals surface area contributed by atoms with Crippen molar-refractivity contribution in [3.05, 3.63) is 281 Å². The molecule has 0 amide bonds. The topological polar surface area (TPSA) is 155 Å². The molecular formula is C76H74Cl2O12S2. The second-order valence-electron chi connectivity index (χ2n) is 24.0. The Labute approximate surface area is 554 Å². The van der Waals surface area contributed by atoms with Gasteiger partial charge in [-0.3, -0.25) is 0 Å². The number of hydrogen-bond acceptors (Lipinski definition) is 14. The quantitative estimate of drug-likeness (QED) is 0.0574. The van der Waals surface area contributed by atoms with Crippen molar-refractivity contribution in [1.82, 2.24) is 0 Å². The number of aliphatic hydroxyl groups excluding tert-OH is 4. The lowest BCUT2D eigenvalue weighted by molar-refractivity contribution is -0.387. The average molecular weight is 1310 g/mol. The first-order valence-corrected chi connectivity index (χ1v) is 33.8. The van der Waals surface area contributed by atoms with Crippen LogP contribution in [0.5, 0.6) is 0 Å². The molecule has 92 heavy (non-hydrogen) atoms. The van der Waals surface area contributed by atoms with Crippen LogP contribution in [0.1, 0.15) is 91.7 Å². The fourth-order valence-corrected chi connectivity index (χ4v) is 15.8. The summed E-state index contributed by atoms with van der Waals surface area (Å²) in [5, 5.41) is 43.0. The summed E-state index contributed by atoms with van der Waals surface area (Å²) in [4.78, 5) is 0. The third kappa shape index (κ3) is 13.4. The second-order valence-corrected chi connectivity index (χ2v) is 27.3. The summed E-state index contributed by atoms with van der Waals surface area (Å²) in [6, 6.07) is 66.4. The molecule has 10 atom stereocenters. The zero-order chi connectivity index (χ0) is 63.3. The molecule has 4 aliphatic heterocycles. The first kappa shape index (κ1) is 64.5. The fourth-order valence-electron chi connectivity index (χ4n) is 13.0. The van der Waals surface area contributed by atoms with Crippen molar-refractivity contribution in [3.63, 3.8) is 0 Å². The number of ether oxygens (including phenoxy) is 8. The third-order valence-electron chi connectivity index (χ3n) is 18.1. The Balaban J connectivity index is 0.000000202. The van der Waals surface area contributed by atoms with Gasteiger partial charge in [0.2, 0.25) is 11.6 Å². The molecule has 2 fully saturated rings. The van der Waals surface area contributed by atoms with Gasteiger partial charge in [0, 0.05) is 33.4 Å². The summed E-state index contributed by atoms with van der Waals surface area (Å²) in [6.07, 6.45) is -4.78. The van der Waals surface area contributed by atoms with Gasteiger partial charge in [0.1, 0.15) is 48.8 Å². The maximum Gasteiger partial charge on any atom is 0.226 e. The van der Waals surface area contributed by atoms with Gasteiger partial charge < -0.3 is 58.3 Å². The molecular weight excluding hydrogens is 1240 g/mol. The highest BCUT2D eigenvalue weighted by atomic mass is 35.5. The maximum atomic E-state index is 10.8. The Kier molecular flexibility index (Phi) is 20.2. The highest BCUT2D eigenvalue weighted by Gasteiger charge is 2.62. The van der Waals surface area contributed by atoms with E-state index < -0.39 is 67.0 Å². The Hall–Kier alpha value is -6.22. The van der Waals surface area contributed by atoms with Crippen LogP contribution in [-0.4, -0.2) is 82.5 Å². The zero-order valence-corrected chi connectivity index (χ0v) is 54.4. The van der Waals surface area contributed by atoms with Crippen LogP contribution in [0.15, 0.2) is 194 Å². The molecule has 2 saturated heterocycles. The van der Waals surface area contributed by atoms with Gasteiger partial charge in [-0.15, -0.1) is 22.7 Å². The van der Waals surface area contributed by atoms with Crippen LogP contribution in [-0.2, 0) is 115 Å². The minimum atomic E-state index is -1.66. The van der Waals surface area contributed by atoms with Gasteiger partial charge in [-0.25, -0.2) is 0 Å². The standard InChI is InChI=1S/C52H49ClO6S.C24H25ClO6S/c1-2-36-23-25-37(26-24-36)27-44-43-29-45-42(28-47(43)60-51(44)53)34-58-52(45)50(57-33-41-21-13-6-14-22-41)49(56-32-40-19-11-5-12-20-40)48(55-31-39-17-9-4-10-18-39)46(59-52)35-54-30-38-15-7-3-8-16-38;1-2-12-3-5-13(6-4-12)7-16-15-9-17-14(8-19(15)32-23(16)25)11-30-24(17)22(29)21(28)20(27)18(10-26)31-24/h3-26,28-29,46,48-50H,2,27,30-35H2,1H3;3-6,8-9,18,20-22,26-29H,2,7,10-11H2,1H3/t46-,48-,49+,50-,52+;18-,20-,21+,22-,24+/m11/s1. The van der Waals surface area contributed by atoms with E-state index in [9.17, 15) is 20.4 Å². The molecule has 0 aliphatic carbocycles. The van der Waals surface area contributed by atoms with Crippen LogP contribution in [0.2, 0.25) is 8.67 Å². The molecule has 0 radical (unpaired) electrons. The van der Waals surface area contributed by atoms with Gasteiger partial charge in [0.05, 0.1) is 61.5 Å². The van der Waals surface area contributed by atoms with E-state index in [1.165, 1.54) is 28.0 Å². The number of benzene rings is 8. The van der Waals surface area contributed by atoms with Gasteiger partial charge in [0.25, 0.3) is 0 Å². The summed E-state index contributed by atoms with van der Waals surface area (Å²) < 4.78 is 57.5. The van der Waals surface area contributed by atoms with Crippen molar-refractivity contribution in [2.45, 2.75) is 140 Å². The third-order valence-corrected chi connectivity index (χ3v) is 21.0. The van der Waals surface area contributed by atoms with Gasteiger partial charge in [-0.2, -0.15) is 0 Å². The zero-order valence-electron chi connectivity index (χ0n) is 51.2. The lowest BCUT2D eigenvalue weighted by Crippen LogP contribution is -2.65. The molecule has 2 spiro atoms. The van der Waals surface area contributed by atoms with E-state index in [0.29, 0.717) is 55.8 Å². The highest BCUT2D eigenvalue weighted by molar-refractivity contribution is 7.23. The summed E-state index contributed by atoms with van der Waals surface area (Å²) in [6.45, 7) is 5.93. The van der Waals surface area contributed by atoms with Crippen LogP contribution >= 0.6 is 45.9 Å². The van der Waals surface area contributed by atoms with Crippen molar-refractivity contribution < 1.29 is 58.3 Å². The van der Waals surface area contributed by atoms with E-state index in [1.54, 1.807) is 11.3 Å². The summed E-state index contributed by atoms with van der Waals surface area (Å²) >= 11 is 16.8. The average Bonchev–Trinajstić information content (AvgIpc) is 1.50. The smallest absolute Gasteiger partial charge is 0.226 e. The first-order chi connectivity index (χ1) is 44.9. The second kappa shape index (κ2) is 28.8. The predicted octanol–water partition coefficient (Wildman–Crippen LogP) is 14.6. The molecule has 10 aromatic rings. The van der Waals surface area contributed by atoms with E-state index in [0.717, 1.165) is 93.0 Å². The number of fused-ring (bicyclic) bond motifs is 6. The van der Waals surface area contributed by atoms with E-state index in [1.807, 2.05) is 84.9 Å². The Morgan fingerprint density at radius 1 is 0.467 bits per heavy atom. The number of halogens is 2. The van der Waals surface area contributed by atoms with Crippen molar-refractivity contribution in [3.8, 4) is 0 Å². The monoisotopic (exact) mass is 1310 g/mol. The Bertz CT molecular complexity index is 4080. The normalized spacial score (nSPS) is 24.1.